The van der Waals surface area contributed by atoms with E-state index in [0.717, 1.165) is 29.8 Å². The monoisotopic (exact) mass is 205 g/mol. The number of rotatable bonds is 0. The van der Waals surface area contributed by atoms with Gasteiger partial charge >= 0.3 is 0 Å². The molecule has 1 aromatic rings. The highest BCUT2D eigenvalue weighted by molar-refractivity contribution is 5.73. The Bertz CT molecular complexity index is 431. The third-order valence-corrected chi connectivity index (χ3v) is 2.67. The Balaban J connectivity index is 2.62. The van der Waals surface area contributed by atoms with Gasteiger partial charge in [0, 0.05) is 17.8 Å². The summed E-state index contributed by atoms with van der Waals surface area (Å²) in [6.07, 6.45) is 0.875. The number of nitrogens with one attached hydrogen (secondary N) is 1. The number of phenols is 2. The summed E-state index contributed by atoms with van der Waals surface area (Å²) >= 11 is 0. The van der Waals surface area contributed by atoms with Crippen molar-refractivity contribution in [3.63, 3.8) is 0 Å². The van der Waals surface area contributed by atoms with Crippen LogP contribution in [0.4, 0.5) is 0 Å². The average Bonchev–Trinajstić information content (AvgIpc) is 2.18. The zero-order valence-corrected chi connectivity index (χ0v) is 8.96. The Morgan fingerprint density at radius 1 is 1.20 bits per heavy atom. The van der Waals surface area contributed by atoms with Crippen LogP contribution in [0, 0.1) is 0 Å². The highest BCUT2D eigenvalue weighted by Gasteiger charge is 2.17. The summed E-state index contributed by atoms with van der Waals surface area (Å²) in [6.45, 7) is 4.93. The fourth-order valence-electron chi connectivity index (χ4n) is 1.92. The second-order valence-corrected chi connectivity index (χ2v) is 4.05. The van der Waals surface area contributed by atoms with Crippen molar-refractivity contribution in [1.82, 2.24) is 5.32 Å². The second-order valence-electron chi connectivity index (χ2n) is 4.05. The van der Waals surface area contributed by atoms with E-state index in [4.69, 9.17) is 0 Å². The lowest BCUT2D eigenvalue weighted by Gasteiger charge is -2.23. The first-order valence-electron chi connectivity index (χ1n) is 5.06. The molecule has 0 aromatic heterocycles. The SMILES string of the molecule is CC(C)=C1NCCc2cc(O)c(O)cc21. The van der Waals surface area contributed by atoms with Crippen molar-refractivity contribution in [2.24, 2.45) is 0 Å². The van der Waals surface area contributed by atoms with Gasteiger partial charge in [0.2, 0.25) is 0 Å². The molecule has 0 bridgehead atoms. The van der Waals surface area contributed by atoms with Gasteiger partial charge < -0.3 is 15.5 Å². The highest BCUT2D eigenvalue weighted by Crippen LogP contribution is 2.34. The van der Waals surface area contributed by atoms with Crippen LogP contribution >= 0.6 is 0 Å². The minimum atomic E-state index is -0.0591. The molecular weight excluding hydrogens is 190 g/mol. The molecule has 2 rings (SSSR count). The van der Waals surface area contributed by atoms with Crippen LogP contribution in [0.1, 0.15) is 25.0 Å². The van der Waals surface area contributed by atoms with Gasteiger partial charge in [-0.1, -0.05) is 5.57 Å². The Morgan fingerprint density at radius 3 is 2.53 bits per heavy atom. The Kier molecular flexibility index (Phi) is 2.31. The molecule has 0 unspecified atom stereocenters. The maximum atomic E-state index is 9.47. The summed E-state index contributed by atoms with van der Waals surface area (Å²) in [5.41, 5.74) is 4.32. The first kappa shape index (κ1) is 9.90. The van der Waals surface area contributed by atoms with Gasteiger partial charge in [0.1, 0.15) is 0 Å². The minimum Gasteiger partial charge on any atom is -0.504 e. The van der Waals surface area contributed by atoms with Crippen molar-refractivity contribution >= 4 is 5.70 Å². The van der Waals surface area contributed by atoms with E-state index in [0.29, 0.717) is 0 Å². The van der Waals surface area contributed by atoms with Gasteiger partial charge in [-0.25, -0.2) is 0 Å². The molecule has 15 heavy (non-hydrogen) atoms. The quantitative estimate of drug-likeness (QED) is 0.568. The van der Waals surface area contributed by atoms with Gasteiger partial charge in [-0.2, -0.15) is 0 Å². The number of fused-ring (bicyclic) bond motifs is 1. The molecule has 80 valence electrons. The fourth-order valence-corrected chi connectivity index (χ4v) is 1.92. The molecule has 1 aliphatic rings. The number of aromatic hydroxyl groups is 2. The molecule has 1 aliphatic heterocycles. The van der Waals surface area contributed by atoms with Crippen molar-refractivity contribution < 1.29 is 10.2 Å². The number of hydrogen-bond acceptors (Lipinski definition) is 3. The lowest BCUT2D eigenvalue weighted by atomic mass is 9.95. The van der Waals surface area contributed by atoms with Crippen molar-refractivity contribution in [2.75, 3.05) is 6.54 Å². The van der Waals surface area contributed by atoms with Gasteiger partial charge in [0.15, 0.2) is 11.5 Å². The molecule has 0 radical (unpaired) electrons. The zero-order valence-electron chi connectivity index (χ0n) is 8.96. The van der Waals surface area contributed by atoms with E-state index in [9.17, 15) is 10.2 Å². The molecule has 0 saturated heterocycles. The third-order valence-electron chi connectivity index (χ3n) is 2.67. The fraction of sp³-hybridized carbons (Fsp3) is 0.333. The Morgan fingerprint density at radius 2 is 1.87 bits per heavy atom. The standard InChI is InChI=1S/C12H15NO2/c1-7(2)12-9-6-11(15)10(14)5-8(9)3-4-13-12/h5-6,13-15H,3-4H2,1-2H3. The van der Waals surface area contributed by atoms with Gasteiger partial charge in [-0.05, 0) is 38.0 Å². The van der Waals surface area contributed by atoms with Crippen molar-refractivity contribution in [3.8, 4) is 11.5 Å². The van der Waals surface area contributed by atoms with Crippen LogP contribution in [0.15, 0.2) is 17.7 Å². The molecule has 0 aliphatic carbocycles. The highest BCUT2D eigenvalue weighted by atomic mass is 16.3. The van der Waals surface area contributed by atoms with Gasteiger partial charge in [-0.3, -0.25) is 0 Å². The largest absolute Gasteiger partial charge is 0.504 e. The van der Waals surface area contributed by atoms with Crippen molar-refractivity contribution in [2.45, 2.75) is 20.3 Å². The van der Waals surface area contributed by atoms with Crippen molar-refractivity contribution in [3.05, 3.63) is 28.8 Å². The topological polar surface area (TPSA) is 52.5 Å². The normalized spacial score (nSPS) is 14.4. The zero-order chi connectivity index (χ0) is 11.0. The van der Waals surface area contributed by atoms with Crippen LogP contribution in [-0.2, 0) is 6.42 Å². The molecule has 1 aromatic carbocycles. The van der Waals surface area contributed by atoms with Gasteiger partial charge in [-0.15, -0.1) is 0 Å². The van der Waals surface area contributed by atoms with E-state index in [1.165, 1.54) is 5.57 Å². The summed E-state index contributed by atoms with van der Waals surface area (Å²) < 4.78 is 0. The Labute approximate surface area is 89.1 Å². The molecule has 0 saturated carbocycles. The Hall–Kier alpha value is -1.64. The summed E-state index contributed by atoms with van der Waals surface area (Å²) in [5, 5.41) is 22.2. The van der Waals surface area contributed by atoms with E-state index >= 15 is 0 Å². The number of phenolic OH excluding ortho intramolecular Hbond substituents is 2. The summed E-state index contributed by atoms with van der Waals surface area (Å²) in [5.74, 6) is -0.0973. The van der Waals surface area contributed by atoms with Crippen molar-refractivity contribution in [1.29, 1.82) is 0 Å². The minimum absolute atomic E-state index is 0.0382. The number of hydrogen-bond donors (Lipinski definition) is 3. The lowest BCUT2D eigenvalue weighted by Crippen LogP contribution is -2.23. The van der Waals surface area contributed by atoms with Gasteiger partial charge in [0.05, 0.1) is 0 Å². The van der Waals surface area contributed by atoms with Crippen LogP contribution < -0.4 is 5.32 Å². The predicted octanol–water partition coefficient (Wildman–Crippen LogP) is 1.99. The van der Waals surface area contributed by atoms with Crippen LogP contribution in [-0.4, -0.2) is 16.8 Å². The van der Waals surface area contributed by atoms with E-state index < -0.39 is 0 Å². The van der Waals surface area contributed by atoms with Crippen LogP contribution in [0.3, 0.4) is 0 Å². The lowest BCUT2D eigenvalue weighted by molar-refractivity contribution is 0.402. The molecule has 0 amide bonds. The molecule has 3 N–H and O–H groups in total. The molecule has 0 spiro atoms. The number of benzene rings is 1. The first-order chi connectivity index (χ1) is 7.09. The van der Waals surface area contributed by atoms with E-state index in [1.54, 1.807) is 12.1 Å². The summed E-state index contributed by atoms with van der Waals surface area (Å²) in [7, 11) is 0. The first-order valence-corrected chi connectivity index (χ1v) is 5.06. The summed E-state index contributed by atoms with van der Waals surface area (Å²) in [4.78, 5) is 0. The second kappa shape index (κ2) is 3.50. The van der Waals surface area contributed by atoms with E-state index in [-0.39, 0.29) is 11.5 Å². The maximum absolute atomic E-state index is 9.47. The van der Waals surface area contributed by atoms with E-state index in [2.05, 4.69) is 5.32 Å². The van der Waals surface area contributed by atoms with Gasteiger partial charge in [0.25, 0.3) is 0 Å². The molecule has 3 nitrogen and oxygen atoms in total. The average molecular weight is 205 g/mol. The van der Waals surface area contributed by atoms with Crippen LogP contribution in [0.5, 0.6) is 11.5 Å². The molecule has 0 atom stereocenters. The summed E-state index contributed by atoms with van der Waals surface area (Å²) in [6, 6.07) is 3.27. The molecule has 0 fully saturated rings. The van der Waals surface area contributed by atoms with E-state index in [1.807, 2.05) is 13.8 Å². The van der Waals surface area contributed by atoms with Crippen LogP contribution in [0.25, 0.3) is 5.70 Å². The predicted molar refractivity (Wildman–Crippen MR) is 59.7 cm³/mol. The molecule has 1 heterocycles. The van der Waals surface area contributed by atoms with Crippen LogP contribution in [0.2, 0.25) is 0 Å². The molecule has 3 heteroatoms. The smallest absolute Gasteiger partial charge is 0.158 e. The third kappa shape index (κ3) is 1.65. The number of allylic oxidation sites excluding steroid dienone is 1. The molecular formula is C12H15NO2. The maximum Gasteiger partial charge on any atom is 0.158 e.